The number of ether oxygens (including phenoxy) is 1. The number of hydrogen-bond acceptors (Lipinski definition) is 3. The fourth-order valence-corrected chi connectivity index (χ4v) is 3.12. The largest absolute Gasteiger partial charge is 0.445 e. The maximum absolute atomic E-state index is 11.9. The van der Waals surface area contributed by atoms with Gasteiger partial charge in [-0.05, 0) is 36.4 Å². The van der Waals surface area contributed by atoms with Gasteiger partial charge in [0.25, 0.3) is 0 Å². The van der Waals surface area contributed by atoms with Gasteiger partial charge in [-0.1, -0.05) is 60.7 Å². The van der Waals surface area contributed by atoms with Gasteiger partial charge in [-0.2, -0.15) is 0 Å². The van der Waals surface area contributed by atoms with Crippen LogP contribution in [0.4, 0.5) is 4.79 Å². The molecule has 1 heterocycles. The molecule has 4 nitrogen and oxygen atoms in total. The molecular formula is C20H25ClN2O2. The molecule has 134 valence electrons. The van der Waals surface area contributed by atoms with Gasteiger partial charge in [0.2, 0.25) is 0 Å². The second kappa shape index (κ2) is 10.1. The zero-order valence-electron chi connectivity index (χ0n) is 14.2. The summed E-state index contributed by atoms with van der Waals surface area (Å²) in [5, 5.41) is 6.46. The first-order chi connectivity index (χ1) is 11.8. The van der Waals surface area contributed by atoms with Crippen molar-refractivity contribution in [2.75, 3.05) is 13.1 Å². The number of carbonyl (C=O) groups excluding carboxylic acids is 1. The van der Waals surface area contributed by atoms with Crippen molar-refractivity contribution in [3.8, 4) is 0 Å². The van der Waals surface area contributed by atoms with E-state index in [0.29, 0.717) is 25.1 Å². The van der Waals surface area contributed by atoms with Crippen molar-refractivity contribution in [1.82, 2.24) is 10.6 Å². The molecule has 0 aromatic heterocycles. The van der Waals surface area contributed by atoms with Crippen LogP contribution in [0, 0.1) is 5.92 Å². The van der Waals surface area contributed by atoms with E-state index in [0.717, 1.165) is 24.9 Å². The van der Waals surface area contributed by atoms with Gasteiger partial charge in [-0.15, -0.1) is 12.4 Å². The van der Waals surface area contributed by atoms with Crippen molar-refractivity contribution in [2.45, 2.75) is 25.5 Å². The molecule has 0 saturated carbocycles. The molecule has 1 amide bonds. The molecule has 0 aliphatic carbocycles. The van der Waals surface area contributed by atoms with E-state index in [-0.39, 0.29) is 18.5 Å². The number of nitrogens with one attached hydrogen (secondary N) is 2. The van der Waals surface area contributed by atoms with Crippen LogP contribution in [0.5, 0.6) is 0 Å². The lowest BCUT2D eigenvalue weighted by molar-refractivity contribution is 0.136. The Morgan fingerprint density at radius 2 is 1.76 bits per heavy atom. The number of benzene rings is 2. The Morgan fingerprint density at radius 1 is 1.08 bits per heavy atom. The highest BCUT2D eigenvalue weighted by Crippen LogP contribution is 2.26. The molecular weight excluding hydrogens is 336 g/mol. The molecule has 2 aromatic carbocycles. The fraction of sp³-hybridized carbons (Fsp3) is 0.350. The summed E-state index contributed by atoms with van der Waals surface area (Å²) in [4.78, 5) is 11.9. The van der Waals surface area contributed by atoms with E-state index >= 15 is 0 Å². The normalized spacial score (nSPS) is 19.5. The standard InChI is InChI=1S/C20H24N2O2.ClH/c23-20(24-15-16-7-3-1-4-8-16)22-14-17-11-12-21-19(13-17)18-9-5-2-6-10-18;/h1-10,17,19,21H,11-15H2,(H,22,23);1H/t17-,19+;/m1./s1. The van der Waals surface area contributed by atoms with Gasteiger partial charge in [0.05, 0.1) is 0 Å². The fourth-order valence-electron chi connectivity index (χ4n) is 3.12. The van der Waals surface area contributed by atoms with Gasteiger partial charge in [-0.3, -0.25) is 0 Å². The molecule has 2 N–H and O–H groups in total. The van der Waals surface area contributed by atoms with Crippen molar-refractivity contribution < 1.29 is 9.53 Å². The summed E-state index contributed by atoms with van der Waals surface area (Å²) in [5.41, 5.74) is 2.31. The lowest BCUT2D eigenvalue weighted by Gasteiger charge is -2.30. The van der Waals surface area contributed by atoms with Crippen molar-refractivity contribution in [2.24, 2.45) is 5.92 Å². The van der Waals surface area contributed by atoms with Crippen LogP contribution in [-0.4, -0.2) is 19.2 Å². The molecule has 3 rings (SSSR count). The van der Waals surface area contributed by atoms with Crippen LogP contribution in [0.1, 0.15) is 30.0 Å². The van der Waals surface area contributed by atoms with Crippen LogP contribution < -0.4 is 10.6 Å². The monoisotopic (exact) mass is 360 g/mol. The first-order valence-corrected chi connectivity index (χ1v) is 8.54. The Balaban J connectivity index is 0.00000225. The highest BCUT2D eigenvalue weighted by Gasteiger charge is 2.23. The SMILES string of the molecule is Cl.O=C(NC[C@@H]1CCN[C@H](c2ccccc2)C1)OCc1ccccc1. The molecule has 0 bridgehead atoms. The van der Waals surface area contributed by atoms with E-state index in [1.807, 2.05) is 36.4 Å². The van der Waals surface area contributed by atoms with Crippen LogP contribution >= 0.6 is 12.4 Å². The summed E-state index contributed by atoms with van der Waals surface area (Å²) in [6.07, 6.45) is 1.76. The lowest BCUT2D eigenvalue weighted by atomic mass is 9.89. The van der Waals surface area contributed by atoms with Gasteiger partial charge in [-0.25, -0.2) is 4.79 Å². The molecule has 5 heteroatoms. The topological polar surface area (TPSA) is 50.4 Å². The molecule has 0 unspecified atom stereocenters. The van der Waals surface area contributed by atoms with E-state index in [4.69, 9.17) is 4.74 Å². The van der Waals surface area contributed by atoms with Gasteiger partial charge in [0.15, 0.2) is 0 Å². The Kier molecular flexibility index (Phi) is 7.76. The average molecular weight is 361 g/mol. The predicted octanol–water partition coefficient (Wildman–Crippen LogP) is 4.08. The molecule has 1 aliphatic rings. The number of rotatable bonds is 5. The van der Waals surface area contributed by atoms with E-state index in [2.05, 4.69) is 34.9 Å². The summed E-state index contributed by atoms with van der Waals surface area (Å²) in [7, 11) is 0. The maximum atomic E-state index is 11.9. The number of piperidine rings is 1. The van der Waals surface area contributed by atoms with Gasteiger partial charge in [0, 0.05) is 12.6 Å². The number of halogens is 1. The molecule has 2 aromatic rings. The number of carbonyl (C=O) groups is 1. The molecule has 1 saturated heterocycles. The van der Waals surface area contributed by atoms with Crippen molar-refractivity contribution in [1.29, 1.82) is 0 Å². The van der Waals surface area contributed by atoms with Gasteiger partial charge >= 0.3 is 6.09 Å². The number of amides is 1. The first-order valence-electron chi connectivity index (χ1n) is 8.54. The average Bonchev–Trinajstić information content (AvgIpc) is 2.66. The summed E-state index contributed by atoms with van der Waals surface area (Å²) in [5.74, 6) is 0.473. The third-order valence-electron chi connectivity index (χ3n) is 4.46. The van der Waals surface area contributed by atoms with E-state index in [9.17, 15) is 4.79 Å². The zero-order chi connectivity index (χ0) is 16.6. The Bertz CT molecular complexity index is 637. The second-order valence-corrected chi connectivity index (χ2v) is 6.25. The van der Waals surface area contributed by atoms with E-state index < -0.39 is 0 Å². The smallest absolute Gasteiger partial charge is 0.407 e. The molecule has 25 heavy (non-hydrogen) atoms. The highest BCUT2D eigenvalue weighted by molar-refractivity contribution is 5.85. The zero-order valence-corrected chi connectivity index (χ0v) is 15.0. The minimum atomic E-state index is -0.339. The Hall–Kier alpha value is -2.04. The number of hydrogen-bond donors (Lipinski definition) is 2. The Morgan fingerprint density at radius 3 is 2.48 bits per heavy atom. The summed E-state index contributed by atoms with van der Waals surface area (Å²) in [6.45, 7) is 1.95. The molecule has 0 radical (unpaired) electrons. The van der Waals surface area contributed by atoms with Crippen molar-refractivity contribution in [3.05, 3.63) is 71.8 Å². The minimum absolute atomic E-state index is 0. The third-order valence-corrected chi connectivity index (χ3v) is 4.46. The van der Waals surface area contributed by atoms with Crippen molar-refractivity contribution >= 4 is 18.5 Å². The molecule has 2 atom stereocenters. The summed E-state index contributed by atoms with van der Waals surface area (Å²) in [6, 6.07) is 20.6. The lowest BCUT2D eigenvalue weighted by Crippen LogP contribution is -2.38. The van der Waals surface area contributed by atoms with Crippen LogP contribution in [0.3, 0.4) is 0 Å². The van der Waals surface area contributed by atoms with Crippen LogP contribution in [0.25, 0.3) is 0 Å². The summed E-state index contributed by atoms with van der Waals surface area (Å²) >= 11 is 0. The van der Waals surface area contributed by atoms with Gasteiger partial charge < -0.3 is 15.4 Å². The minimum Gasteiger partial charge on any atom is -0.445 e. The second-order valence-electron chi connectivity index (χ2n) is 6.25. The Labute approximate surface area is 155 Å². The first kappa shape index (κ1) is 19.3. The predicted molar refractivity (Wildman–Crippen MR) is 102 cm³/mol. The number of alkyl carbamates (subject to hydrolysis) is 1. The molecule has 0 spiro atoms. The van der Waals surface area contributed by atoms with Crippen molar-refractivity contribution in [3.63, 3.8) is 0 Å². The van der Waals surface area contributed by atoms with Crippen LogP contribution in [-0.2, 0) is 11.3 Å². The summed E-state index contributed by atoms with van der Waals surface area (Å²) < 4.78 is 5.26. The third kappa shape index (κ3) is 6.07. The molecule has 1 fully saturated rings. The maximum Gasteiger partial charge on any atom is 0.407 e. The van der Waals surface area contributed by atoms with E-state index in [1.54, 1.807) is 0 Å². The quantitative estimate of drug-likeness (QED) is 0.844. The van der Waals surface area contributed by atoms with Gasteiger partial charge in [0.1, 0.15) is 6.61 Å². The van der Waals surface area contributed by atoms with Crippen LogP contribution in [0.2, 0.25) is 0 Å². The molecule has 1 aliphatic heterocycles. The van der Waals surface area contributed by atoms with E-state index in [1.165, 1.54) is 5.56 Å². The highest BCUT2D eigenvalue weighted by atomic mass is 35.5. The van der Waals surface area contributed by atoms with Crippen LogP contribution in [0.15, 0.2) is 60.7 Å².